The van der Waals surface area contributed by atoms with Crippen LogP contribution in [0.2, 0.25) is 0 Å². The van der Waals surface area contributed by atoms with Gasteiger partial charge in [0, 0.05) is 63.1 Å². The van der Waals surface area contributed by atoms with Gasteiger partial charge in [-0.05, 0) is 87.7 Å². The second-order valence-electron chi connectivity index (χ2n) is 9.47. The molecule has 0 atom stereocenters. The Bertz CT molecular complexity index is 1600. The summed E-state index contributed by atoms with van der Waals surface area (Å²) in [6, 6.07) is 26.3. The number of aromatic nitrogens is 1. The van der Waals surface area contributed by atoms with Crippen molar-refractivity contribution in [2.45, 2.75) is 41.2 Å². The molecule has 3 aromatic carbocycles. The first-order valence-electron chi connectivity index (χ1n) is 13.9. The minimum Gasteiger partial charge on any atom is -0.370 e. The van der Waals surface area contributed by atoms with Crippen molar-refractivity contribution in [2.75, 3.05) is 19.8 Å². The van der Waals surface area contributed by atoms with Gasteiger partial charge in [0.25, 0.3) is 0 Å². The first kappa shape index (κ1) is 27.6. The molecule has 202 valence electrons. The molecule has 5 rings (SSSR count). The van der Waals surface area contributed by atoms with E-state index in [-0.39, 0.29) is 0 Å². The van der Waals surface area contributed by atoms with Crippen LogP contribution in [0.25, 0.3) is 44.4 Å². The van der Waals surface area contributed by atoms with Crippen LogP contribution in [0.3, 0.4) is 0 Å². The maximum absolute atomic E-state index is 6.12. The lowest BCUT2D eigenvalue weighted by Gasteiger charge is -2.28. The largest absolute Gasteiger partial charge is 0.537 e. The normalized spacial score (nSPS) is 12.3. The number of hydrogen-bond acceptors (Lipinski definition) is 4. The maximum Gasteiger partial charge on any atom is 0.537 e. The number of hydrogen-bond donors (Lipinski definition) is 0. The van der Waals surface area contributed by atoms with Gasteiger partial charge in [-0.1, -0.05) is 48.5 Å². The minimum absolute atomic E-state index is 0.550. The summed E-state index contributed by atoms with van der Waals surface area (Å²) in [4.78, 5) is 2.54. The van der Waals surface area contributed by atoms with Crippen molar-refractivity contribution in [3.05, 3.63) is 88.8 Å². The molecule has 0 fully saturated rings. The highest BCUT2D eigenvalue weighted by Crippen LogP contribution is 2.37. The highest BCUT2D eigenvalue weighted by atomic mass is 32.1. The lowest BCUT2D eigenvalue weighted by molar-refractivity contribution is 0.0859. The smallest absolute Gasteiger partial charge is 0.370 e. The number of rotatable bonds is 11. The fourth-order valence-electron chi connectivity index (χ4n) is 5.30. The SMILES string of the molecule is CCO[Si](OCC)(OCC)c1cccc(/C=C/c2sc(-c3ccc4c(c3)c3ccccc3n4CC)cc2C)c1. The molecule has 0 aliphatic rings. The summed E-state index contributed by atoms with van der Waals surface area (Å²) < 4.78 is 20.8. The fourth-order valence-corrected chi connectivity index (χ4v) is 8.91. The van der Waals surface area contributed by atoms with Crippen LogP contribution in [0.15, 0.2) is 72.8 Å². The summed E-state index contributed by atoms with van der Waals surface area (Å²) >= 11 is 1.83. The second-order valence-corrected chi connectivity index (χ2v) is 13.1. The summed E-state index contributed by atoms with van der Waals surface area (Å²) in [6.07, 6.45) is 4.39. The predicted octanol–water partition coefficient (Wildman–Crippen LogP) is 8.28. The van der Waals surface area contributed by atoms with Crippen LogP contribution in [0, 0.1) is 6.92 Å². The van der Waals surface area contributed by atoms with Crippen molar-refractivity contribution in [1.29, 1.82) is 0 Å². The van der Waals surface area contributed by atoms with E-state index in [0.29, 0.717) is 19.8 Å². The molecule has 0 amide bonds. The number of para-hydroxylation sites is 1. The quantitative estimate of drug-likeness (QED) is 0.154. The number of thiophene rings is 1. The Hall–Kier alpha value is -3.00. The van der Waals surface area contributed by atoms with Gasteiger partial charge >= 0.3 is 8.80 Å². The summed E-state index contributed by atoms with van der Waals surface area (Å²) in [5.74, 6) is 0. The Balaban J connectivity index is 1.46. The summed E-state index contributed by atoms with van der Waals surface area (Å²) in [5.41, 5.74) is 6.23. The molecule has 2 heterocycles. The third kappa shape index (κ3) is 5.40. The molecule has 0 N–H and O–H groups in total. The average Bonchev–Trinajstić information content (AvgIpc) is 3.49. The molecule has 0 spiro atoms. The zero-order valence-electron chi connectivity index (χ0n) is 23.5. The van der Waals surface area contributed by atoms with E-state index in [2.05, 4.69) is 103 Å². The van der Waals surface area contributed by atoms with Crippen LogP contribution < -0.4 is 5.19 Å². The van der Waals surface area contributed by atoms with Gasteiger partial charge in [0.2, 0.25) is 0 Å². The summed E-state index contributed by atoms with van der Waals surface area (Å²) in [6.45, 7) is 13.0. The molecule has 2 aromatic heterocycles. The summed E-state index contributed by atoms with van der Waals surface area (Å²) in [5, 5.41) is 3.63. The van der Waals surface area contributed by atoms with Crippen LogP contribution in [-0.2, 0) is 19.8 Å². The van der Waals surface area contributed by atoms with E-state index >= 15 is 0 Å². The first-order valence-corrected chi connectivity index (χ1v) is 16.4. The monoisotopic (exact) mass is 555 g/mol. The van der Waals surface area contributed by atoms with E-state index in [1.54, 1.807) is 0 Å². The van der Waals surface area contributed by atoms with Crippen molar-refractivity contribution in [3.8, 4) is 10.4 Å². The molecule has 5 aromatic rings. The summed E-state index contributed by atoms with van der Waals surface area (Å²) in [7, 11) is -2.94. The van der Waals surface area contributed by atoms with Crippen molar-refractivity contribution >= 4 is 59.3 Å². The van der Waals surface area contributed by atoms with Crippen LogP contribution in [0.5, 0.6) is 0 Å². The molecule has 0 unspecified atom stereocenters. The fraction of sp³-hybridized carbons (Fsp3) is 0.273. The Labute approximate surface area is 236 Å². The molecule has 39 heavy (non-hydrogen) atoms. The van der Waals surface area contributed by atoms with Gasteiger partial charge in [0.15, 0.2) is 0 Å². The number of aryl methyl sites for hydroxylation is 2. The zero-order chi connectivity index (χ0) is 27.4. The van der Waals surface area contributed by atoms with Crippen molar-refractivity contribution in [3.63, 3.8) is 0 Å². The number of benzene rings is 3. The molecule has 0 bridgehead atoms. The molecule has 0 saturated heterocycles. The van der Waals surface area contributed by atoms with Gasteiger partial charge in [-0.3, -0.25) is 0 Å². The molecular weight excluding hydrogens is 519 g/mol. The van der Waals surface area contributed by atoms with Crippen LogP contribution in [0.1, 0.15) is 43.7 Å². The molecular formula is C33H37NO3SSi. The van der Waals surface area contributed by atoms with Crippen molar-refractivity contribution in [1.82, 2.24) is 4.57 Å². The topological polar surface area (TPSA) is 32.6 Å². The Morgan fingerprint density at radius 3 is 2.18 bits per heavy atom. The van der Waals surface area contributed by atoms with Gasteiger partial charge in [-0.25, -0.2) is 0 Å². The van der Waals surface area contributed by atoms with Crippen molar-refractivity contribution in [2.24, 2.45) is 0 Å². The van der Waals surface area contributed by atoms with E-state index in [4.69, 9.17) is 13.3 Å². The molecule has 0 radical (unpaired) electrons. The Morgan fingerprint density at radius 1 is 0.744 bits per heavy atom. The van der Waals surface area contributed by atoms with E-state index < -0.39 is 8.80 Å². The average molecular weight is 556 g/mol. The Morgan fingerprint density at radius 2 is 1.46 bits per heavy atom. The molecule has 6 heteroatoms. The number of nitrogens with zero attached hydrogens (tertiary/aromatic N) is 1. The third-order valence-electron chi connectivity index (χ3n) is 7.00. The predicted molar refractivity (Wildman–Crippen MR) is 169 cm³/mol. The van der Waals surface area contributed by atoms with Crippen LogP contribution in [-0.4, -0.2) is 33.2 Å². The lowest BCUT2D eigenvalue weighted by atomic mass is 10.1. The Kier molecular flexibility index (Phi) is 8.50. The van der Waals surface area contributed by atoms with E-state index in [9.17, 15) is 0 Å². The maximum atomic E-state index is 6.12. The van der Waals surface area contributed by atoms with E-state index in [0.717, 1.165) is 17.3 Å². The second kappa shape index (κ2) is 12.0. The minimum atomic E-state index is -2.94. The standard InChI is InChI=1S/C33H37NO3SSi/c1-6-34-30-16-11-10-15-28(30)29-23-26(18-19-31(29)34)33-21-24(5)32(38-33)20-17-25-13-12-14-27(22-25)39(35-7-2,36-8-3)37-9-4/h10-23H,6-9H2,1-5H3/b20-17+. The van der Waals surface area contributed by atoms with Gasteiger partial charge in [-0.2, -0.15) is 0 Å². The highest BCUT2D eigenvalue weighted by molar-refractivity contribution is 7.16. The van der Waals surface area contributed by atoms with Gasteiger partial charge in [-0.15, -0.1) is 11.3 Å². The van der Waals surface area contributed by atoms with Crippen LogP contribution >= 0.6 is 11.3 Å². The highest BCUT2D eigenvalue weighted by Gasteiger charge is 2.43. The van der Waals surface area contributed by atoms with E-state index in [1.807, 2.05) is 32.1 Å². The zero-order valence-corrected chi connectivity index (χ0v) is 25.3. The van der Waals surface area contributed by atoms with E-state index in [1.165, 1.54) is 42.7 Å². The lowest BCUT2D eigenvalue weighted by Crippen LogP contribution is -2.56. The van der Waals surface area contributed by atoms with Crippen LogP contribution in [0.4, 0.5) is 0 Å². The van der Waals surface area contributed by atoms with Crippen molar-refractivity contribution < 1.29 is 13.3 Å². The molecule has 0 aliphatic carbocycles. The number of fused-ring (bicyclic) bond motifs is 3. The molecule has 0 aliphatic heterocycles. The molecule has 0 saturated carbocycles. The molecule has 4 nitrogen and oxygen atoms in total. The van der Waals surface area contributed by atoms with Gasteiger partial charge in [0.05, 0.1) is 0 Å². The van der Waals surface area contributed by atoms with Gasteiger partial charge < -0.3 is 17.8 Å². The van der Waals surface area contributed by atoms with Gasteiger partial charge in [0.1, 0.15) is 0 Å². The third-order valence-corrected chi connectivity index (χ3v) is 11.3. The first-order chi connectivity index (χ1) is 19.0.